The lowest BCUT2D eigenvalue weighted by molar-refractivity contribution is 0.0527. The van der Waals surface area contributed by atoms with Gasteiger partial charge in [-0.15, -0.1) is 12.6 Å². The van der Waals surface area contributed by atoms with E-state index in [9.17, 15) is 9.59 Å². The minimum absolute atomic E-state index is 0.176. The van der Waals surface area contributed by atoms with Gasteiger partial charge in [0.1, 0.15) is 28.7 Å². The predicted octanol–water partition coefficient (Wildman–Crippen LogP) is 8.79. The van der Waals surface area contributed by atoms with Crippen LogP contribution in [-0.4, -0.2) is 56.5 Å². The van der Waals surface area contributed by atoms with E-state index in [1.165, 1.54) is 0 Å². The first-order chi connectivity index (χ1) is 25.0. The number of imidazole rings is 1. The number of likely N-dealkylation sites (tertiary alicyclic amines) is 1. The molecule has 2 heterocycles. The van der Waals surface area contributed by atoms with Gasteiger partial charge < -0.3 is 25.5 Å². The van der Waals surface area contributed by atoms with Gasteiger partial charge in [-0.3, -0.25) is 4.90 Å². The number of amides is 2. The quantitative estimate of drug-likeness (QED) is 0.0467. The topological polar surface area (TPSA) is 135 Å². The smallest absolute Gasteiger partial charge is 0.411 e. The lowest BCUT2D eigenvalue weighted by Gasteiger charge is -2.32. The monoisotopic (exact) mass is 718 g/mol. The SMILES string of the molecule is CC(C)(C)OC(=O)NCCCCc1ncc(-c2ccc3cc(-c4cccc(N=C(N)C5(S)CCCN5C(=O)OCc5ccccc5)c4)ccc3c2)[nH]1. The van der Waals surface area contributed by atoms with E-state index in [4.69, 9.17) is 32.8 Å². The summed E-state index contributed by atoms with van der Waals surface area (Å²) in [6.07, 6.45) is 4.85. The molecule has 10 nitrogen and oxygen atoms in total. The molecule has 0 bridgehead atoms. The summed E-state index contributed by atoms with van der Waals surface area (Å²) < 4.78 is 10.9. The number of benzene rings is 4. The van der Waals surface area contributed by atoms with Crippen LogP contribution in [0.1, 0.15) is 57.8 Å². The molecule has 0 spiro atoms. The second kappa shape index (κ2) is 15.9. The third-order valence-corrected chi connectivity index (χ3v) is 9.60. The van der Waals surface area contributed by atoms with Crippen LogP contribution in [0, 0.1) is 0 Å². The number of nitrogens with zero attached hydrogens (tertiary/aromatic N) is 3. The highest BCUT2D eigenvalue weighted by molar-refractivity contribution is 7.82. The Labute approximate surface area is 310 Å². The first-order valence-electron chi connectivity index (χ1n) is 17.7. The van der Waals surface area contributed by atoms with E-state index in [0.29, 0.717) is 25.2 Å². The van der Waals surface area contributed by atoms with Gasteiger partial charge in [0.15, 0.2) is 0 Å². The van der Waals surface area contributed by atoms with Crippen molar-refractivity contribution in [1.82, 2.24) is 20.2 Å². The van der Waals surface area contributed by atoms with Crippen LogP contribution < -0.4 is 11.1 Å². The van der Waals surface area contributed by atoms with Crippen LogP contribution in [0.5, 0.6) is 0 Å². The fourth-order valence-corrected chi connectivity index (χ4v) is 6.63. The van der Waals surface area contributed by atoms with Crippen LogP contribution in [0.4, 0.5) is 15.3 Å². The van der Waals surface area contributed by atoms with E-state index in [0.717, 1.165) is 70.2 Å². The van der Waals surface area contributed by atoms with Crippen LogP contribution in [0.15, 0.2) is 102 Å². The van der Waals surface area contributed by atoms with Crippen molar-refractivity contribution in [1.29, 1.82) is 0 Å². The van der Waals surface area contributed by atoms with Gasteiger partial charge >= 0.3 is 12.2 Å². The molecule has 6 rings (SSSR count). The molecular formula is C41H46N6O4S. The van der Waals surface area contributed by atoms with Gasteiger partial charge in [0.25, 0.3) is 0 Å². The number of fused-ring (bicyclic) bond motifs is 1. The average molecular weight is 719 g/mol. The molecule has 270 valence electrons. The van der Waals surface area contributed by atoms with Gasteiger partial charge in [-0.25, -0.2) is 19.6 Å². The number of hydrogen-bond acceptors (Lipinski definition) is 7. The van der Waals surface area contributed by atoms with Crippen molar-refractivity contribution in [3.8, 4) is 22.4 Å². The number of aromatic amines is 1. The summed E-state index contributed by atoms with van der Waals surface area (Å²) >= 11 is 4.88. The third kappa shape index (κ3) is 9.13. The Morgan fingerprint density at radius 1 is 0.962 bits per heavy atom. The number of aryl methyl sites for hydroxylation is 1. The number of aromatic nitrogens is 2. The zero-order chi connectivity index (χ0) is 36.7. The van der Waals surface area contributed by atoms with E-state index in [2.05, 4.69) is 51.7 Å². The first-order valence-corrected chi connectivity index (χ1v) is 18.1. The third-order valence-electron chi connectivity index (χ3n) is 8.91. The number of hydrogen-bond donors (Lipinski definition) is 4. The number of thiol groups is 1. The summed E-state index contributed by atoms with van der Waals surface area (Å²) in [6.45, 7) is 6.78. The van der Waals surface area contributed by atoms with Gasteiger partial charge in [-0.2, -0.15) is 0 Å². The van der Waals surface area contributed by atoms with Gasteiger partial charge in [0.05, 0.1) is 17.6 Å². The van der Waals surface area contributed by atoms with Crippen molar-refractivity contribution < 1.29 is 19.1 Å². The molecule has 0 radical (unpaired) electrons. The van der Waals surface area contributed by atoms with Crippen molar-refractivity contribution in [3.63, 3.8) is 0 Å². The Hall–Kier alpha value is -5.29. The number of carbonyl (C=O) groups excluding carboxylic acids is 2. The molecule has 5 aromatic rings. The van der Waals surface area contributed by atoms with Crippen LogP contribution >= 0.6 is 12.6 Å². The lowest BCUT2D eigenvalue weighted by Crippen LogP contribution is -2.52. The molecule has 0 saturated carbocycles. The Balaban J connectivity index is 1.08. The number of ether oxygens (including phenoxy) is 2. The number of carbonyl (C=O) groups is 2. The highest BCUT2D eigenvalue weighted by atomic mass is 32.1. The molecule has 1 aromatic heterocycles. The summed E-state index contributed by atoms with van der Waals surface area (Å²) in [5.74, 6) is 1.17. The van der Waals surface area contributed by atoms with Crippen LogP contribution in [0.2, 0.25) is 0 Å². The van der Waals surface area contributed by atoms with Gasteiger partial charge in [0, 0.05) is 25.1 Å². The summed E-state index contributed by atoms with van der Waals surface area (Å²) in [5.41, 5.74) is 11.7. The van der Waals surface area contributed by atoms with E-state index < -0.39 is 22.7 Å². The highest BCUT2D eigenvalue weighted by Crippen LogP contribution is 2.36. The normalized spacial score (nSPS) is 16.2. The summed E-state index contributed by atoms with van der Waals surface area (Å²) in [7, 11) is 0. The molecule has 1 saturated heterocycles. The number of H-pyrrole nitrogens is 1. The molecule has 52 heavy (non-hydrogen) atoms. The Kier molecular flexibility index (Phi) is 11.2. The molecule has 1 fully saturated rings. The summed E-state index contributed by atoms with van der Waals surface area (Å²) in [5, 5.41) is 5.02. The minimum Gasteiger partial charge on any atom is -0.445 e. The number of nitrogens with two attached hydrogens (primary N) is 1. The Morgan fingerprint density at radius 3 is 2.46 bits per heavy atom. The largest absolute Gasteiger partial charge is 0.445 e. The maximum absolute atomic E-state index is 13.1. The number of amidine groups is 1. The van der Waals surface area contributed by atoms with Gasteiger partial charge in [-0.05, 0) is 98.2 Å². The second-order valence-electron chi connectivity index (χ2n) is 14.1. The fraction of sp³-hybridized carbons (Fsp3) is 0.317. The van der Waals surface area contributed by atoms with E-state index in [-0.39, 0.29) is 12.4 Å². The molecule has 4 aromatic carbocycles. The van der Waals surface area contributed by atoms with Crippen molar-refractivity contribution >= 4 is 47.1 Å². The van der Waals surface area contributed by atoms with Crippen molar-refractivity contribution in [2.75, 3.05) is 13.1 Å². The summed E-state index contributed by atoms with van der Waals surface area (Å²) in [6, 6.07) is 30.2. The Morgan fingerprint density at radius 2 is 1.69 bits per heavy atom. The second-order valence-corrected chi connectivity index (χ2v) is 14.8. The number of alkyl carbamates (subject to hydrolysis) is 1. The van der Waals surface area contributed by atoms with E-state index in [1.807, 2.05) is 81.6 Å². The zero-order valence-corrected chi connectivity index (χ0v) is 30.8. The fourth-order valence-electron chi connectivity index (χ4n) is 6.24. The molecule has 4 N–H and O–H groups in total. The Bertz CT molecular complexity index is 2060. The molecule has 1 aliphatic heterocycles. The average Bonchev–Trinajstić information content (AvgIpc) is 3.77. The number of nitrogens with one attached hydrogen (secondary N) is 2. The van der Waals surface area contributed by atoms with E-state index >= 15 is 0 Å². The van der Waals surface area contributed by atoms with Gasteiger partial charge in [0.2, 0.25) is 0 Å². The van der Waals surface area contributed by atoms with Crippen molar-refractivity contribution in [2.45, 2.75) is 70.0 Å². The summed E-state index contributed by atoms with van der Waals surface area (Å²) in [4.78, 5) is 38.2. The maximum atomic E-state index is 13.1. The number of aliphatic imine (C=N–C) groups is 1. The van der Waals surface area contributed by atoms with E-state index in [1.54, 1.807) is 4.90 Å². The first kappa shape index (κ1) is 36.5. The van der Waals surface area contributed by atoms with Crippen LogP contribution in [0.25, 0.3) is 33.2 Å². The molecule has 1 atom stereocenters. The van der Waals surface area contributed by atoms with Crippen molar-refractivity contribution in [3.05, 3.63) is 109 Å². The molecular weight excluding hydrogens is 673 g/mol. The molecule has 2 amide bonds. The predicted molar refractivity (Wildman–Crippen MR) is 210 cm³/mol. The standard InChI is InChI=1S/C41H46N6O4S/c1-40(2,3)51-38(48)43-21-8-7-15-36-44-26-35(46-36)33-19-18-31-23-30(16-17-32(31)24-33)29-13-9-14-34(25-29)45-37(42)41(52)20-10-22-47(41)39(49)50-27-28-11-5-4-6-12-28/h4-6,9,11-14,16-19,23-26,52H,7-8,10,15,20-22,27H2,1-3H3,(H2,42,45)(H,43,48)(H,44,46). The molecule has 1 aliphatic rings. The van der Waals surface area contributed by atoms with Crippen LogP contribution in [0.3, 0.4) is 0 Å². The van der Waals surface area contributed by atoms with Crippen molar-refractivity contribution in [2.24, 2.45) is 10.7 Å². The number of unbranched alkanes of at least 4 members (excludes halogenated alkanes) is 1. The minimum atomic E-state index is -1.04. The number of rotatable bonds is 11. The van der Waals surface area contributed by atoms with Crippen LogP contribution in [-0.2, 0) is 22.5 Å². The van der Waals surface area contributed by atoms with Gasteiger partial charge in [-0.1, -0.05) is 66.7 Å². The molecule has 0 aliphatic carbocycles. The lowest BCUT2D eigenvalue weighted by atomic mass is 9.99. The highest BCUT2D eigenvalue weighted by Gasteiger charge is 2.45. The molecule has 1 unspecified atom stereocenters. The molecule has 11 heteroatoms. The maximum Gasteiger partial charge on any atom is 0.411 e. The zero-order valence-electron chi connectivity index (χ0n) is 29.9.